The molecule has 0 unspecified atom stereocenters. The molecule has 0 N–H and O–H groups in total. The van der Waals surface area contributed by atoms with Gasteiger partial charge in [0.15, 0.2) is 17.4 Å². The van der Waals surface area contributed by atoms with Crippen LogP contribution in [0.5, 0.6) is 5.75 Å². The van der Waals surface area contributed by atoms with Crippen molar-refractivity contribution in [3.63, 3.8) is 0 Å². The van der Waals surface area contributed by atoms with Crippen molar-refractivity contribution in [2.45, 2.75) is 110 Å². The lowest BCUT2D eigenvalue weighted by Gasteiger charge is -2.09. The van der Waals surface area contributed by atoms with Gasteiger partial charge in [-0.3, -0.25) is 0 Å². The topological polar surface area (TPSA) is 35.5 Å². The van der Waals surface area contributed by atoms with E-state index >= 15 is 0 Å². The Morgan fingerprint density at radius 2 is 1.16 bits per heavy atom. The molecule has 3 nitrogen and oxygen atoms in total. The van der Waals surface area contributed by atoms with Crippen LogP contribution in [0.25, 0.3) is 0 Å². The van der Waals surface area contributed by atoms with Crippen LogP contribution in [0.4, 0.5) is 13.2 Å². The van der Waals surface area contributed by atoms with Crippen molar-refractivity contribution in [1.82, 2.24) is 0 Å². The maximum absolute atomic E-state index is 14.1. The highest BCUT2D eigenvalue weighted by atomic mass is 19.2. The molecule has 0 radical (unpaired) electrons. The molecule has 184 valence electrons. The third kappa shape index (κ3) is 11.2. The molecule has 0 heterocycles. The van der Waals surface area contributed by atoms with E-state index in [4.69, 9.17) is 4.74 Å². The summed E-state index contributed by atoms with van der Waals surface area (Å²) >= 11 is 0. The minimum atomic E-state index is -1.46. The summed E-state index contributed by atoms with van der Waals surface area (Å²) in [5.74, 6) is -5.99. The number of rotatable bonds is 19. The van der Waals surface area contributed by atoms with Gasteiger partial charge in [0, 0.05) is 0 Å². The normalized spacial score (nSPS) is 11.0. The fourth-order valence-corrected chi connectivity index (χ4v) is 3.80. The van der Waals surface area contributed by atoms with Gasteiger partial charge in [0.25, 0.3) is 0 Å². The van der Waals surface area contributed by atoms with Gasteiger partial charge in [-0.25, -0.2) is 13.6 Å². The van der Waals surface area contributed by atoms with Gasteiger partial charge in [-0.15, -0.1) is 0 Å². The number of carbonyl (C=O) groups is 1. The van der Waals surface area contributed by atoms with Crippen LogP contribution in [0.15, 0.2) is 6.07 Å². The summed E-state index contributed by atoms with van der Waals surface area (Å²) in [6.45, 7) is 2.37. The average Bonchev–Trinajstić information content (AvgIpc) is 2.78. The molecule has 0 aliphatic carbocycles. The standard InChI is InChI=1S/C26H41F3O3/c1-3-4-5-6-7-8-9-10-11-12-13-14-15-16-17-18-19-32-26(30)21-20-22(27)24(29)25(31-2)23(21)28/h20H,3-19H2,1-2H3. The lowest BCUT2D eigenvalue weighted by molar-refractivity contribution is 0.0490. The largest absolute Gasteiger partial charge is 0.491 e. The number of carbonyl (C=O) groups excluding carboxylic acids is 1. The summed E-state index contributed by atoms with van der Waals surface area (Å²) in [6, 6.07) is 0.503. The van der Waals surface area contributed by atoms with Crippen molar-refractivity contribution in [3.05, 3.63) is 29.1 Å². The minimum Gasteiger partial charge on any atom is -0.491 e. The Kier molecular flexibility index (Phi) is 15.7. The molecule has 0 spiro atoms. The predicted octanol–water partition coefficient (Wildman–Crippen LogP) is 8.53. The third-order valence-corrected chi connectivity index (χ3v) is 5.77. The molecule has 32 heavy (non-hydrogen) atoms. The van der Waals surface area contributed by atoms with E-state index < -0.39 is 34.7 Å². The van der Waals surface area contributed by atoms with Gasteiger partial charge in [0.2, 0.25) is 5.82 Å². The molecule has 1 aromatic rings. The van der Waals surface area contributed by atoms with Crippen molar-refractivity contribution >= 4 is 5.97 Å². The molecule has 0 fully saturated rings. The van der Waals surface area contributed by atoms with E-state index in [1.807, 2.05) is 0 Å². The molecule has 0 aliphatic heterocycles. The van der Waals surface area contributed by atoms with E-state index in [0.29, 0.717) is 12.5 Å². The fraction of sp³-hybridized carbons (Fsp3) is 0.731. The van der Waals surface area contributed by atoms with E-state index in [1.54, 1.807) is 0 Å². The van der Waals surface area contributed by atoms with Crippen LogP contribution in [0, 0.1) is 17.5 Å². The van der Waals surface area contributed by atoms with Gasteiger partial charge in [-0.2, -0.15) is 4.39 Å². The van der Waals surface area contributed by atoms with E-state index in [-0.39, 0.29) is 6.61 Å². The van der Waals surface area contributed by atoms with Crippen LogP contribution in [0.1, 0.15) is 120 Å². The molecule has 0 aliphatic rings. The van der Waals surface area contributed by atoms with E-state index in [1.165, 1.54) is 77.0 Å². The van der Waals surface area contributed by atoms with Gasteiger partial charge in [-0.1, -0.05) is 103 Å². The highest BCUT2D eigenvalue weighted by Gasteiger charge is 2.24. The van der Waals surface area contributed by atoms with Crippen LogP contribution in [-0.2, 0) is 4.74 Å². The van der Waals surface area contributed by atoms with Crippen molar-refractivity contribution < 1.29 is 27.4 Å². The second-order valence-electron chi connectivity index (χ2n) is 8.51. The molecular formula is C26H41F3O3. The maximum atomic E-state index is 14.1. The summed E-state index contributed by atoms with van der Waals surface area (Å²) < 4.78 is 50.5. The first-order valence-electron chi connectivity index (χ1n) is 12.4. The maximum Gasteiger partial charge on any atom is 0.341 e. The van der Waals surface area contributed by atoms with Crippen LogP contribution in [0.2, 0.25) is 0 Å². The molecule has 0 amide bonds. The molecule has 0 atom stereocenters. The number of halogens is 3. The highest BCUT2D eigenvalue weighted by molar-refractivity contribution is 5.90. The Hall–Kier alpha value is -1.72. The first-order valence-corrected chi connectivity index (χ1v) is 12.4. The van der Waals surface area contributed by atoms with E-state index in [0.717, 1.165) is 26.4 Å². The molecule has 1 aromatic carbocycles. The van der Waals surface area contributed by atoms with Crippen molar-refractivity contribution in [2.24, 2.45) is 0 Å². The summed E-state index contributed by atoms with van der Waals surface area (Å²) in [5.41, 5.74) is -0.655. The summed E-state index contributed by atoms with van der Waals surface area (Å²) in [7, 11) is 1.01. The van der Waals surface area contributed by atoms with E-state index in [2.05, 4.69) is 11.7 Å². The highest BCUT2D eigenvalue weighted by Crippen LogP contribution is 2.27. The number of benzene rings is 1. The Morgan fingerprint density at radius 1 is 0.719 bits per heavy atom. The number of hydrogen-bond acceptors (Lipinski definition) is 3. The third-order valence-electron chi connectivity index (χ3n) is 5.77. The first-order chi connectivity index (χ1) is 15.5. The quantitative estimate of drug-likeness (QED) is 0.118. The summed E-state index contributed by atoms with van der Waals surface area (Å²) in [6.07, 6.45) is 19.9. The molecule has 6 heteroatoms. The fourth-order valence-electron chi connectivity index (χ4n) is 3.80. The van der Waals surface area contributed by atoms with Crippen LogP contribution in [-0.4, -0.2) is 19.7 Å². The minimum absolute atomic E-state index is 0.123. The Balaban J connectivity index is 1.99. The SMILES string of the molecule is CCCCCCCCCCCCCCCCCCOC(=O)c1cc(F)c(F)c(OC)c1F. The molecule has 0 saturated heterocycles. The second kappa shape index (κ2) is 17.8. The molecule has 0 saturated carbocycles. The Bertz CT molecular complexity index is 650. The number of unbranched alkanes of at least 4 members (excludes halogenated alkanes) is 15. The zero-order chi connectivity index (χ0) is 23.6. The number of hydrogen-bond donors (Lipinski definition) is 0. The molecule has 0 bridgehead atoms. The molecule has 0 aromatic heterocycles. The van der Waals surface area contributed by atoms with Crippen LogP contribution in [0.3, 0.4) is 0 Å². The average molecular weight is 459 g/mol. The second-order valence-corrected chi connectivity index (χ2v) is 8.51. The number of esters is 1. The first kappa shape index (κ1) is 28.3. The Morgan fingerprint density at radius 3 is 1.59 bits per heavy atom. The summed E-state index contributed by atoms with van der Waals surface area (Å²) in [5, 5.41) is 0. The van der Waals surface area contributed by atoms with Crippen LogP contribution >= 0.6 is 0 Å². The van der Waals surface area contributed by atoms with Gasteiger partial charge < -0.3 is 9.47 Å². The summed E-state index contributed by atoms with van der Waals surface area (Å²) in [4.78, 5) is 12.0. The van der Waals surface area contributed by atoms with Crippen molar-refractivity contribution in [3.8, 4) is 5.75 Å². The van der Waals surface area contributed by atoms with Crippen molar-refractivity contribution in [2.75, 3.05) is 13.7 Å². The lowest BCUT2D eigenvalue weighted by atomic mass is 10.0. The number of ether oxygens (including phenoxy) is 2. The zero-order valence-electron chi connectivity index (χ0n) is 20.0. The van der Waals surface area contributed by atoms with Crippen molar-refractivity contribution in [1.29, 1.82) is 0 Å². The van der Waals surface area contributed by atoms with E-state index in [9.17, 15) is 18.0 Å². The predicted molar refractivity (Wildman–Crippen MR) is 123 cm³/mol. The monoisotopic (exact) mass is 458 g/mol. The molecule has 1 rings (SSSR count). The number of methoxy groups -OCH3 is 1. The Labute approximate surface area is 192 Å². The molecular weight excluding hydrogens is 417 g/mol. The van der Waals surface area contributed by atoms with Crippen LogP contribution < -0.4 is 4.74 Å². The van der Waals surface area contributed by atoms with Gasteiger partial charge in [0.05, 0.1) is 13.7 Å². The smallest absolute Gasteiger partial charge is 0.341 e. The lowest BCUT2D eigenvalue weighted by Crippen LogP contribution is -2.11. The zero-order valence-corrected chi connectivity index (χ0v) is 20.0. The van der Waals surface area contributed by atoms with Gasteiger partial charge in [0.1, 0.15) is 5.56 Å². The van der Waals surface area contributed by atoms with Gasteiger partial charge >= 0.3 is 5.97 Å². The van der Waals surface area contributed by atoms with Gasteiger partial charge in [-0.05, 0) is 12.5 Å².